The summed E-state index contributed by atoms with van der Waals surface area (Å²) in [7, 11) is 0. The minimum atomic E-state index is 0.106. The van der Waals surface area contributed by atoms with Gasteiger partial charge in [0.25, 0.3) is 0 Å². The van der Waals surface area contributed by atoms with E-state index in [2.05, 4.69) is 32.6 Å². The molecule has 0 radical (unpaired) electrons. The van der Waals surface area contributed by atoms with Crippen molar-refractivity contribution in [1.29, 1.82) is 0 Å². The van der Waals surface area contributed by atoms with Crippen molar-refractivity contribution in [2.45, 2.75) is 43.9 Å². The molecule has 1 amide bonds. The molecule has 0 spiro atoms. The van der Waals surface area contributed by atoms with Gasteiger partial charge in [0.05, 0.1) is 12.6 Å². The van der Waals surface area contributed by atoms with Gasteiger partial charge in [-0.3, -0.25) is 15.0 Å². The first-order valence-electron chi connectivity index (χ1n) is 7.66. The molecule has 108 valence electrons. The van der Waals surface area contributed by atoms with Gasteiger partial charge < -0.3 is 4.90 Å². The molecule has 0 saturated carbocycles. The van der Waals surface area contributed by atoms with Crippen LogP contribution < -0.4 is 5.32 Å². The molecule has 4 heterocycles. The number of nitrogens with one attached hydrogen (secondary N) is 1. The minimum Gasteiger partial charge on any atom is -0.316 e. The number of thiophene rings is 1. The summed E-state index contributed by atoms with van der Waals surface area (Å²) in [6, 6.07) is 5.21. The maximum Gasteiger partial charge on any atom is 0.238 e. The van der Waals surface area contributed by atoms with Crippen LogP contribution in [0.5, 0.6) is 0 Å². The third-order valence-electron chi connectivity index (χ3n) is 5.00. The van der Waals surface area contributed by atoms with Crippen molar-refractivity contribution in [2.75, 3.05) is 19.6 Å². The third-order valence-corrected chi connectivity index (χ3v) is 5.93. The zero-order valence-electron chi connectivity index (χ0n) is 11.6. The predicted octanol–water partition coefficient (Wildman–Crippen LogP) is 1.81. The van der Waals surface area contributed by atoms with Crippen molar-refractivity contribution in [3.05, 3.63) is 22.4 Å². The molecule has 3 fully saturated rings. The summed E-state index contributed by atoms with van der Waals surface area (Å²) in [4.78, 5) is 18.4. The van der Waals surface area contributed by atoms with Crippen LogP contribution in [0.3, 0.4) is 0 Å². The van der Waals surface area contributed by atoms with Crippen molar-refractivity contribution < 1.29 is 4.79 Å². The SMILES string of the molecule is O=C1CNC(c2cccs2)N1C1CCN2CCCCC12. The van der Waals surface area contributed by atoms with Crippen LogP contribution in [-0.2, 0) is 4.79 Å². The number of carbonyl (C=O) groups excluding carboxylic acids is 1. The van der Waals surface area contributed by atoms with Crippen molar-refractivity contribution >= 4 is 17.2 Å². The molecule has 3 atom stereocenters. The van der Waals surface area contributed by atoms with E-state index in [0.717, 1.165) is 13.0 Å². The van der Waals surface area contributed by atoms with Crippen LogP contribution in [0.15, 0.2) is 17.5 Å². The lowest BCUT2D eigenvalue weighted by Gasteiger charge is -2.38. The number of hydrogen-bond acceptors (Lipinski definition) is 4. The molecule has 5 heteroatoms. The third kappa shape index (κ3) is 2.00. The number of hydrogen-bond donors (Lipinski definition) is 1. The van der Waals surface area contributed by atoms with E-state index >= 15 is 0 Å². The summed E-state index contributed by atoms with van der Waals surface area (Å²) in [5.41, 5.74) is 0. The molecule has 3 aliphatic rings. The molecule has 1 aromatic rings. The first-order valence-corrected chi connectivity index (χ1v) is 8.54. The Hall–Kier alpha value is -0.910. The van der Waals surface area contributed by atoms with Gasteiger partial charge in [-0.2, -0.15) is 0 Å². The Bertz CT molecular complexity index is 489. The van der Waals surface area contributed by atoms with Crippen LogP contribution in [0.1, 0.15) is 36.7 Å². The van der Waals surface area contributed by atoms with E-state index in [1.165, 1.54) is 30.7 Å². The zero-order chi connectivity index (χ0) is 13.5. The van der Waals surface area contributed by atoms with Crippen LogP contribution in [0.2, 0.25) is 0 Å². The number of carbonyl (C=O) groups is 1. The lowest BCUT2D eigenvalue weighted by Crippen LogP contribution is -2.48. The summed E-state index contributed by atoms with van der Waals surface area (Å²) in [5.74, 6) is 0.279. The Balaban J connectivity index is 1.60. The van der Waals surface area contributed by atoms with Gasteiger partial charge in [-0.15, -0.1) is 11.3 Å². The predicted molar refractivity (Wildman–Crippen MR) is 79.5 cm³/mol. The molecule has 3 unspecified atom stereocenters. The molecule has 0 bridgehead atoms. The summed E-state index contributed by atoms with van der Waals surface area (Å²) < 4.78 is 0. The molecule has 0 aliphatic carbocycles. The second-order valence-corrected chi connectivity index (χ2v) is 7.03. The average Bonchev–Trinajstić information content (AvgIpc) is 3.16. The van der Waals surface area contributed by atoms with E-state index in [4.69, 9.17) is 0 Å². The second kappa shape index (κ2) is 5.13. The first kappa shape index (κ1) is 12.8. The molecule has 0 aromatic carbocycles. The Morgan fingerprint density at radius 1 is 1.20 bits per heavy atom. The quantitative estimate of drug-likeness (QED) is 0.902. The van der Waals surface area contributed by atoms with Crippen LogP contribution in [0, 0.1) is 0 Å². The van der Waals surface area contributed by atoms with Crippen LogP contribution in [0.4, 0.5) is 0 Å². The Morgan fingerprint density at radius 3 is 3.00 bits per heavy atom. The van der Waals surface area contributed by atoms with Crippen molar-refractivity contribution in [1.82, 2.24) is 15.1 Å². The van der Waals surface area contributed by atoms with Gasteiger partial charge in [-0.25, -0.2) is 0 Å². The Labute approximate surface area is 123 Å². The van der Waals surface area contributed by atoms with Crippen LogP contribution in [-0.4, -0.2) is 47.4 Å². The van der Waals surface area contributed by atoms with E-state index in [0.29, 0.717) is 18.6 Å². The molecule has 3 aliphatic heterocycles. The Kier molecular flexibility index (Phi) is 3.28. The van der Waals surface area contributed by atoms with Gasteiger partial charge in [0, 0.05) is 17.5 Å². The molecule has 4 rings (SSSR count). The molecule has 1 aromatic heterocycles. The average molecular weight is 291 g/mol. The van der Waals surface area contributed by atoms with Gasteiger partial charge in [0.15, 0.2) is 0 Å². The fourth-order valence-electron chi connectivity index (χ4n) is 4.12. The monoisotopic (exact) mass is 291 g/mol. The smallest absolute Gasteiger partial charge is 0.238 e. The fourth-order valence-corrected chi connectivity index (χ4v) is 4.92. The summed E-state index contributed by atoms with van der Waals surface area (Å²) >= 11 is 1.74. The van der Waals surface area contributed by atoms with E-state index in [-0.39, 0.29) is 12.1 Å². The number of nitrogens with zero attached hydrogens (tertiary/aromatic N) is 2. The van der Waals surface area contributed by atoms with Crippen LogP contribution >= 0.6 is 11.3 Å². The normalized spacial score (nSPS) is 34.7. The lowest BCUT2D eigenvalue weighted by molar-refractivity contribution is -0.131. The first-order chi connectivity index (χ1) is 9.84. The highest BCUT2D eigenvalue weighted by Crippen LogP contribution is 2.36. The summed E-state index contributed by atoms with van der Waals surface area (Å²) in [6.45, 7) is 2.88. The molecular weight excluding hydrogens is 270 g/mol. The van der Waals surface area contributed by atoms with E-state index in [1.807, 2.05) is 0 Å². The Morgan fingerprint density at radius 2 is 2.15 bits per heavy atom. The molecule has 3 saturated heterocycles. The van der Waals surface area contributed by atoms with Crippen molar-refractivity contribution in [3.63, 3.8) is 0 Å². The van der Waals surface area contributed by atoms with Gasteiger partial charge >= 0.3 is 0 Å². The van der Waals surface area contributed by atoms with Gasteiger partial charge in [0.1, 0.15) is 6.17 Å². The molecule has 20 heavy (non-hydrogen) atoms. The maximum atomic E-state index is 12.4. The van der Waals surface area contributed by atoms with Gasteiger partial charge in [-0.1, -0.05) is 12.5 Å². The highest BCUT2D eigenvalue weighted by Gasteiger charge is 2.45. The zero-order valence-corrected chi connectivity index (χ0v) is 12.4. The number of rotatable bonds is 2. The fraction of sp³-hybridized carbons (Fsp3) is 0.667. The number of piperidine rings is 1. The van der Waals surface area contributed by atoms with Gasteiger partial charge in [0.2, 0.25) is 5.91 Å². The molecular formula is C15H21N3OS. The summed E-state index contributed by atoms with van der Waals surface area (Å²) in [5, 5.41) is 5.50. The van der Waals surface area contributed by atoms with E-state index in [1.54, 1.807) is 11.3 Å². The number of amides is 1. The summed E-state index contributed by atoms with van der Waals surface area (Å²) in [6.07, 6.45) is 5.14. The standard InChI is InChI=1S/C15H21N3OS/c19-14-10-16-15(13-5-3-9-20-13)18(14)12-6-8-17-7-2-1-4-11(12)17/h3,5,9,11-12,15-16H,1-2,4,6-8,10H2. The second-order valence-electron chi connectivity index (χ2n) is 6.05. The molecule has 1 N–H and O–H groups in total. The maximum absolute atomic E-state index is 12.4. The minimum absolute atomic E-state index is 0.106. The lowest BCUT2D eigenvalue weighted by atomic mass is 9.97. The topological polar surface area (TPSA) is 35.6 Å². The number of fused-ring (bicyclic) bond motifs is 1. The highest BCUT2D eigenvalue weighted by molar-refractivity contribution is 7.10. The van der Waals surface area contributed by atoms with Gasteiger partial charge in [-0.05, 0) is 37.3 Å². The largest absolute Gasteiger partial charge is 0.316 e. The van der Waals surface area contributed by atoms with E-state index in [9.17, 15) is 4.79 Å². The molecule has 4 nitrogen and oxygen atoms in total. The highest BCUT2D eigenvalue weighted by atomic mass is 32.1. The van der Waals surface area contributed by atoms with E-state index < -0.39 is 0 Å². The van der Waals surface area contributed by atoms with Crippen LogP contribution in [0.25, 0.3) is 0 Å². The van der Waals surface area contributed by atoms with Crippen molar-refractivity contribution in [2.24, 2.45) is 0 Å². The van der Waals surface area contributed by atoms with Crippen molar-refractivity contribution in [3.8, 4) is 0 Å².